The first kappa shape index (κ1) is 17.9. The number of carbonyl (C=O) groups is 1. The number of halogens is 4. The van der Waals surface area contributed by atoms with Gasteiger partial charge in [-0.2, -0.15) is 0 Å². The van der Waals surface area contributed by atoms with E-state index in [0.29, 0.717) is 34.5 Å². The summed E-state index contributed by atoms with van der Waals surface area (Å²) in [6.45, 7) is 0.332. The standard InChI is InChI=1S/C16H13Cl3FNO2/c17-10-3-6-15(13(19)8-10)23-7-1-2-16(22)21-11-4-5-14(20)12(18)9-11/h3-6,8-9H,1-2,7H2,(H,21,22). The summed E-state index contributed by atoms with van der Waals surface area (Å²) in [6.07, 6.45) is 0.750. The van der Waals surface area contributed by atoms with E-state index < -0.39 is 5.82 Å². The van der Waals surface area contributed by atoms with Crippen LogP contribution in [0.3, 0.4) is 0 Å². The average Bonchev–Trinajstić information content (AvgIpc) is 2.49. The van der Waals surface area contributed by atoms with Gasteiger partial charge in [0.15, 0.2) is 0 Å². The third kappa shape index (κ3) is 5.57. The molecule has 2 aromatic carbocycles. The van der Waals surface area contributed by atoms with Gasteiger partial charge in [-0.3, -0.25) is 4.79 Å². The van der Waals surface area contributed by atoms with Crippen molar-refractivity contribution in [1.29, 1.82) is 0 Å². The van der Waals surface area contributed by atoms with E-state index in [2.05, 4.69) is 5.32 Å². The average molecular weight is 377 g/mol. The summed E-state index contributed by atoms with van der Waals surface area (Å²) in [5.74, 6) is -0.224. The van der Waals surface area contributed by atoms with Gasteiger partial charge in [-0.15, -0.1) is 0 Å². The molecule has 1 amide bonds. The predicted molar refractivity (Wildman–Crippen MR) is 91.2 cm³/mol. The molecular formula is C16H13Cl3FNO2. The molecule has 2 aromatic rings. The Morgan fingerprint density at radius 1 is 1.09 bits per heavy atom. The summed E-state index contributed by atoms with van der Waals surface area (Å²) in [4.78, 5) is 11.8. The lowest BCUT2D eigenvalue weighted by molar-refractivity contribution is -0.116. The van der Waals surface area contributed by atoms with Crippen molar-refractivity contribution >= 4 is 46.4 Å². The van der Waals surface area contributed by atoms with Gasteiger partial charge in [0.05, 0.1) is 16.7 Å². The van der Waals surface area contributed by atoms with E-state index >= 15 is 0 Å². The van der Waals surface area contributed by atoms with Crippen LogP contribution in [0.1, 0.15) is 12.8 Å². The van der Waals surface area contributed by atoms with Gasteiger partial charge in [0.1, 0.15) is 11.6 Å². The first-order valence-corrected chi connectivity index (χ1v) is 7.92. The van der Waals surface area contributed by atoms with Crippen molar-refractivity contribution in [2.75, 3.05) is 11.9 Å². The van der Waals surface area contributed by atoms with E-state index in [1.807, 2.05) is 0 Å². The van der Waals surface area contributed by atoms with Gasteiger partial charge in [-0.1, -0.05) is 34.8 Å². The number of benzene rings is 2. The van der Waals surface area contributed by atoms with Crippen LogP contribution >= 0.6 is 34.8 Å². The van der Waals surface area contributed by atoms with Crippen molar-refractivity contribution in [3.63, 3.8) is 0 Å². The minimum Gasteiger partial charge on any atom is -0.492 e. The molecule has 0 aliphatic heterocycles. The molecule has 0 unspecified atom stereocenters. The van der Waals surface area contributed by atoms with Gasteiger partial charge in [-0.25, -0.2) is 4.39 Å². The summed E-state index contributed by atoms with van der Waals surface area (Å²) in [7, 11) is 0. The first-order chi connectivity index (χ1) is 11.0. The number of rotatable bonds is 6. The van der Waals surface area contributed by atoms with Crippen molar-refractivity contribution < 1.29 is 13.9 Å². The predicted octanol–water partition coefficient (Wildman–Crippen LogP) is 5.58. The normalized spacial score (nSPS) is 10.4. The summed E-state index contributed by atoms with van der Waals surface area (Å²) >= 11 is 17.4. The van der Waals surface area contributed by atoms with Gasteiger partial charge in [0.25, 0.3) is 0 Å². The first-order valence-electron chi connectivity index (χ1n) is 6.78. The summed E-state index contributed by atoms with van der Waals surface area (Å²) in [6, 6.07) is 8.94. The Bertz CT molecular complexity index is 710. The number of hydrogen-bond acceptors (Lipinski definition) is 2. The van der Waals surface area contributed by atoms with Crippen molar-refractivity contribution in [1.82, 2.24) is 0 Å². The Morgan fingerprint density at radius 3 is 2.57 bits per heavy atom. The number of anilines is 1. The number of hydrogen-bond donors (Lipinski definition) is 1. The number of carbonyl (C=O) groups excluding carboxylic acids is 1. The van der Waals surface area contributed by atoms with E-state index in [4.69, 9.17) is 39.5 Å². The highest BCUT2D eigenvalue weighted by atomic mass is 35.5. The molecule has 1 N–H and O–H groups in total. The molecule has 0 fully saturated rings. The zero-order valence-corrected chi connectivity index (χ0v) is 14.2. The Balaban J connectivity index is 1.75. The molecule has 0 saturated carbocycles. The molecule has 0 atom stereocenters. The lowest BCUT2D eigenvalue weighted by Gasteiger charge is -2.09. The maximum Gasteiger partial charge on any atom is 0.224 e. The maximum absolute atomic E-state index is 13.0. The van der Waals surface area contributed by atoms with Gasteiger partial charge < -0.3 is 10.1 Å². The minimum atomic E-state index is -0.530. The summed E-state index contributed by atoms with van der Waals surface area (Å²) in [5, 5.41) is 3.55. The van der Waals surface area contributed by atoms with E-state index in [-0.39, 0.29) is 17.4 Å². The second-order valence-electron chi connectivity index (χ2n) is 4.70. The molecule has 0 heterocycles. The summed E-state index contributed by atoms with van der Waals surface area (Å²) in [5.41, 5.74) is 0.447. The highest BCUT2D eigenvalue weighted by Gasteiger charge is 2.06. The van der Waals surface area contributed by atoms with Crippen LogP contribution < -0.4 is 10.1 Å². The highest BCUT2D eigenvalue weighted by molar-refractivity contribution is 6.35. The van der Waals surface area contributed by atoms with Gasteiger partial charge >= 0.3 is 0 Å². The minimum absolute atomic E-state index is 0.0384. The topological polar surface area (TPSA) is 38.3 Å². The monoisotopic (exact) mass is 375 g/mol. The third-order valence-electron chi connectivity index (χ3n) is 2.90. The van der Waals surface area contributed by atoms with Gasteiger partial charge in [-0.05, 0) is 42.8 Å². The largest absolute Gasteiger partial charge is 0.492 e. The highest BCUT2D eigenvalue weighted by Crippen LogP contribution is 2.27. The van der Waals surface area contributed by atoms with Gasteiger partial charge in [0, 0.05) is 17.1 Å². The summed E-state index contributed by atoms with van der Waals surface area (Å²) < 4.78 is 18.5. The Morgan fingerprint density at radius 2 is 1.87 bits per heavy atom. The fraction of sp³-hybridized carbons (Fsp3) is 0.188. The zero-order valence-electron chi connectivity index (χ0n) is 11.9. The fourth-order valence-electron chi connectivity index (χ4n) is 1.80. The Hall–Kier alpha value is -1.49. The Labute approximate surface area is 148 Å². The number of ether oxygens (including phenoxy) is 1. The molecule has 0 aliphatic rings. The van der Waals surface area contributed by atoms with Crippen LogP contribution in [0.2, 0.25) is 15.1 Å². The smallest absolute Gasteiger partial charge is 0.224 e. The van der Waals surface area contributed by atoms with Crippen molar-refractivity contribution in [3.8, 4) is 5.75 Å². The van der Waals surface area contributed by atoms with E-state index in [9.17, 15) is 9.18 Å². The quantitative estimate of drug-likeness (QED) is 0.668. The molecule has 0 radical (unpaired) electrons. The molecule has 2 rings (SSSR count). The second kappa shape index (κ2) is 8.39. The molecule has 3 nitrogen and oxygen atoms in total. The van der Waals surface area contributed by atoms with Crippen LogP contribution in [-0.4, -0.2) is 12.5 Å². The van der Waals surface area contributed by atoms with Crippen molar-refractivity contribution in [2.45, 2.75) is 12.8 Å². The van der Waals surface area contributed by atoms with Crippen molar-refractivity contribution in [3.05, 3.63) is 57.3 Å². The lowest BCUT2D eigenvalue weighted by Crippen LogP contribution is -2.13. The molecular weight excluding hydrogens is 364 g/mol. The fourth-order valence-corrected chi connectivity index (χ4v) is 2.45. The molecule has 0 aliphatic carbocycles. The number of amides is 1. The van der Waals surface area contributed by atoms with Crippen LogP contribution in [0.5, 0.6) is 5.75 Å². The molecule has 0 spiro atoms. The van der Waals surface area contributed by atoms with E-state index in [1.54, 1.807) is 18.2 Å². The molecule has 122 valence electrons. The number of nitrogens with one attached hydrogen (secondary N) is 1. The van der Waals surface area contributed by atoms with Crippen molar-refractivity contribution in [2.24, 2.45) is 0 Å². The maximum atomic E-state index is 13.0. The lowest BCUT2D eigenvalue weighted by atomic mass is 10.2. The van der Waals surface area contributed by atoms with Gasteiger partial charge in [0.2, 0.25) is 5.91 Å². The van der Waals surface area contributed by atoms with E-state index in [1.165, 1.54) is 18.2 Å². The SMILES string of the molecule is O=C(CCCOc1ccc(Cl)cc1Cl)Nc1ccc(F)c(Cl)c1. The van der Waals surface area contributed by atoms with Crippen LogP contribution in [0, 0.1) is 5.82 Å². The van der Waals surface area contributed by atoms with Crippen LogP contribution in [-0.2, 0) is 4.79 Å². The molecule has 0 aromatic heterocycles. The van der Waals surface area contributed by atoms with Crippen LogP contribution in [0.4, 0.5) is 10.1 Å². The Kier molecular flexibility index (Phi) is 6.51. The molecule has 23 heavy (non-hydrogen) atoms. The third-order valence-corrected chi connectivity index (χ3v) is 3.72. The molecule has 0 bridgehead atoms. The zero-order chi connectivity index (χ0) is 16.8. The second-order valence-corrected chi connectivity index (χ2v) is 5.95. The molecule has 0 saturated heterocycles. The van der Waals surface area contributed by atoms with E-state index in [0.717, 1.165) is 0 Å². The molecule has 7 heteroatoms. The van der Waals surface area contributed by atoms with Crippen LogP contribution in [0.15, 0.2) is 36.4 Å². The van der Waals surface area contributed by atoms with Crippen LogP contribution in [0.25, 0.3) is 0 Å².